The first-order valence-electron chi connectivity index (χ1n) is 3.48. The molecule has 0 atom stereocenters. The quantitative estimate of drug-likeness (QED) is 0.908. The molecule has 0 radical (unpaired) electrons. The zero-order chi connectivity index (χ0) is 9.84. The Hall–Kier alpha value is -0.610. The van der Waals surface area contributed by atoms with E-state index in [1.165, 1.54) is 12.3 Å². The van der Waals surface area contributed by atoms with Gasteiger partial charge in [0.25, 0.3) is 0 Å². The van der Waals surface area contributed by atoms with Gasteiger partial charge in [-0.15, -0.1) is 0 Å². The fraction of sp³-hybridized carbons (Fsp3) is 0.125. The van der Waals surface area contributed by atoms with Crippen LogP contribution in [0.1, 0.15) is 0 Å². The number of hydrogen-bond acceptors (Lipinski definition) is 2. The lowest BCUT2D eigenvalue weighted by atomic mass is 10.4. The molecule has 0 bridgehead atoms. The van der Waals surface area contributed by atoms with Crippen LogP contribution in [-0.2, 0) is 0 Å². The van der Waals surface area contributed by atoms with Gasteiger partial charge in [0.1, 0.15) is 0 Å². The molecule has 1 aromatic rings. The lowest BCUT2D eigenvalue weighted by molar-refractivity contribution is 0.625. The van der Waals surface area contributed by atoms with Gasteiger partial charge in [-0.3, -0.25) is 0 Å². The number of pyridine rings is 1. The normalized spacial score (nSPS) is 9.77. The van der Waals surface area contributed by atoms with Gasteiger partial charge in [0, 0.05) is 17.2 Å². The highest BCUT2D eigenvalue weighted by atomic mass is 79.9. The van der Waals surface area contributed by atoms with E-state index in [0.29, 0.717) is 6.54 Å². The maximum Gasteiger partial charge on any atom is 0.166 e. The predicted octanol–water partition coefficient (Wildman–Crippen LogP) is 3.19. The fourth-order valence-electron chi connectivity index (χ4n) is 0.724. The maximum atomic E-state index is 13.0. The summed E-state index contributed by atoms with van der Waals surface area (Å²) in [5.41, 5.74) is 0. The fourth-order valence-corrected chi connectivity index (χ4v) is 1.01. The van der Waals surface area contributed by atoms with Gasteiger partial charge in [0.2, 0.25) is 0 Å². The Morgan fingerprint density at radius 1 is 1.77 bits per heavy atom. The van der Waals surface area contributed by atoms with E-state index in [2.05, 4.69) is 32.8 Å². The molecule has 0 saturated carbocycles. The number of halogens is 3. The van der Waals surface area contributed by atoms with Gasteiger partial charge in [-0.2, -0.15) is 0 Å². The maximum absolute atomic E-state index is 13.0. The highest BCUT2D eigenvalue weighted by molar-refractivity contribution is 9.11. The van der Waals surface area contributed by atoms with E-state index in [1.807, 2.05) is 0 Å². The summed E-state index contributed by atoms with van der Waals surface area (Å²) in [6, 6.07) is 1.20. The molecule has 1 heterocycles. The van der Waals surface area contributed by atoms with Crippen LogP contribution in [0, 0.1) is 5.82 Å². The van der Waals surface area contributed by atoms with Crippen molar-refractivity contribution in [3.05, 3.63) is 34.2 Å². The van der Waals surface area contributed by atoms with Crippen LogP contribution in [0.25, 0.3) is 0 Å². The highest BCUT2D eigenvalue weighted by Gasteiger charge is 2.03. The topological polar surface area (TPSA) is 24.9 Å². The first kappa shape index (κ1) is 10.5. The average molecular weight is 266 g/mol. The predicted molar refractivity (Wildman–Crippen MR) is 55.8 cm³/mol. The van der Waals surface area contributed by atoms with Crippen molar-refractivity contribution in [2.24, 2.45) is 0 Å². The Labute approximate surface area is 88.9 Å². The molecule has 0 fully saturated rings. The van der Waals surface area contributed by atoms with Gasteiger partial charge in [-0.25, -0.2) is 9.37 Å². The molecule has 1 rings (SSSR count). The minimum Gasteiger partial charge on any atom is -0.363 e. The second-order valence-corrected chi connectivity index (χ2v) is 3.91. The zero-order valence-corrected chi connectivity index (χ0v) is 8.99. The molecule has 0 amide bonds. The van der Waals surface area contributed by atoms with E-state index in [9.17, 15) is 4.39 Å². The van der Waals surface area contributed by atoms with Gasteiger partial charge in [-0.05, 0) is 6.07 Å². The average Bonchev–Trinajstić information content (AvgIpc) is 2.02. The molecule has 0 unspecified atom stereocenters. The number of nitrogens with zero attached hydrogens (tertiary/aromatic N) is 1. The van der Waals surface area contributed by atoms with Crippen LogP contribution in [0.3, 0.4) is 0 Å². The second-order valence-electron chi connectivity index (χ2n) is 2.35. The third-order valence-corrected chi connectivity index (χ3v) is 1.74. The lowest BCUT2D eigenvalue weighted by Crippen LogP contribution is -2.04. The second kappa shape index (κ2) is 4.58. The summed E-state index contributed by atoms with van der Waals surface area (Å²) in [6.45, 7) is 4.02. The summed E-state index contributed by atoms with van der Waals surface area (Å²) in [4.78, 5) is 3.77. The largest absolute Gasteiger partial charge is 0.363 e. The molecular formula is C8H7BrClFN2. The van der Waals surface area contributed by atoms with E-state index < -0.39 is 5.82 Å². The number of aromatic nitrogens is 1. The SMILES string of the molecule is C=C(Br)CNc1ncc(Cl)cc1F. The van der Waals surface area contributed by atoms with Crippen LogP contribution in [0.2, 0.25) is 5.02 Å². The third-order valence-electron chi connectivity index (χ3n) is 1.26. The first-order chi connectivity index (χ1) is 6.09. The number of nitrogens with one attached hydrogen (secondary N) is 1. The third kappa shape index (κ3) is 3.32. The molecule has 0 aliphatic heterocycles. The zero-order valence-electron chi connectivity index (χ0n) is 6.65. The molecule has 0 spiro atoms. The van der Waals surface area contributed by atoms with Gasteiger partial charge >= 0.3 is 0 Å². The van der Waals surface area contributed by atoms with Gasteiger partial charge in [-0.1, -0.05) is 34.1 Å². The van der Waals surface area contributed by atoms with Crippen LogP contribution in [0.4, 0.5) is 10.2 Å². The number of rotatable bonds is 3. The van der Waals surface area contributed by atoms with Gasteiger partial charge in [0.15, 0.2) is 11.6 Å². The Bertz CT molecular complexity index is 330. The van der Waals surface area contributed by atoms with Crippen molar-refractivity contribution in [2.75, 3.05) is 11.9 Å². The Morgan fingerprint density at radius 3 is 3.00 bits per heavy atom. The molecule has 1 aromatic heterocycles. The standard InChI is InChI=1S/C8H7BrClFN2/c1-5(9)3-12-8-7(11)2-6(10)4-13-8/h2,4H,1,3H2,(H,12,13). The summed E-state index contributed by atoms with van der Waals surface area (Å²) in [5, 5.41) is 3.03. The molecule has 0 aromatic carbocycles. The molecule has 70 valence electrons. The molecule has 1 N–H and O–H groups in total. The van der Waals surface area contributed by atoms with Crippen LogP contribution < -0.4 is 5.32 Å². The first-order valence-corrected chi connectivity index (χ1v) is 4.65. The lowest BCUT2D eigenvalue weighted by Gasteiger charge is -2.04. The number of anilines is 1. The number of hydrogen-bond donors (Lipinski definition) is 1. The van der Waals surface area contributed by atoms with Crippen molar-refractivity contribution in [3.8, 4) is 0 Å². The van der Waals surface area contributed by atoms with E-state index in [4.69, 9.17) is 11.6 Å². The molecule has 0 aliphatic carbocycles. The Morgan fingerprint density at radius 2 is 2.46 bits per heavy atom. The molecular weight excluding hydrogens is 258 g/mol. The minimum absolute atomic E-state index is 0.171. The Kier molecular flexibility index (Phi) is 3.69. The van der Waals surface area contributed by atoms with E-state index in [0.717, 1.165) is 4.48 Å². The van der Waals surface area contributed by atoms with Gasteiger partial charge in [0.05, 0.1) is 5.02 Å². The molecule has 0 saturated heterocycles. The molecule has 5 heteroatoms. The summed E-state index contributed by atoms with van der Waals surface area (Å²) < 4.78 is 13.8. The van der Waals surface area contributed by atoms with Crippen molar-refractivity contribution >= 4 is 33.3 Å². The minimum atomic E-state index is -0.471. The van der Waals surface area contributed by atoms with Crippen molar-refractivity contribution < 1.29 is 4.39 Å². The molecule has 13 heavy (non-hydrogen) atoms. The highest BCUT2D eigenvalue weighted by Crippen LogP contribution is 2.15. The van der Waals surface area contributed by atoms with Crippen molar-refractivity contribution in [2.45, 2.75) is 0 Å². The van der Waals surface area contributed by atoms with E-state index in [1.54, 1.807) is 0 Å². The summed E-state index contributed by atoms with van der Waals surface area (Å²) in [6.07, 6.45) is 1.38. The molecule has 2 nitrogen and oxygen atoms in total. The van der Waals surface area contributed by atoms with E-state index >= 15 is 0 Å². The Balaban J connectivity index is 2.72. The van der Waals surface area contributed by atoms with Crippen molar-refractivity contribution in [1.82, 2.24) is 4.98 Å². The summed E-state index contributed by atoms with van der Waals surface area (Å²) in [7, 11) is 0. The van der Waals surface area contributed by atoms with E-state index in [-0.39, 0.29) is 10.8 Å². The molecule has 0 aliphatic rings. The van der Waals surface area contributed by atoms with Crippen LogP contribution >= 0.6 is 27.5 Å². The summed E-state index contributed by atoms with van der Waals surface area (Å²) in [5.74, 6) is -0.300. The summed E-state index contributed by atoms with van der Waals surface area (Å²) >= 11 is 8.66. The van der Waals surface area contributed by atoms with Gasteiger partial charge < -0.3 is 5.32 Å². The van der Waals surface area contributed by atoms with Crippen LogP contribution in [-0.4, -0.2) is 11.5 Å². The van der Waals surface area contributed by atoms with Crippen LogP contribution in [0.15, 0.2) is 23.3 Å². The van der Waals surface area contributed by atoms with Crippen molar-refractivity contribution in [3.63, 3.8) is 0 Å². The van der Waals surface area contributed by atoms with Crippen molar-refractivity contribution in [1.29, 1.82) is 0 Å². The monoisotopic (exact) mass is 264 g/mol. The van der Waals surface area contributed by atoms with Crippen LogP contribution in [0.5, 0.6) is 0 Å². The smallest absolute Gasteiger partial charge is 0.166 e.